The van der Waals surface area contributed by atoms with Gasteiger partial charge in [-0.1, -0.05) is 30.3 Å². The molecule has 0 aliphatic carbocycles. The fraction of sp³-hybridized carbons (Fsp3) is 0.263. The predicted molar refractivity (Wildman–Crippen MR) is 94.2 cm³/mol. The van der Waals surface area contributed by atoms with Crippen molar-refractivity contribution in [3.8, 4) is 5.75 Å². The molecule has 0 unspecified atom stereocenters. The highest BCUT2D eigenvalue weighted by Gasteiger charge is 2.17. The van der Waals surface area contributed by atoms with Crippen LogP contribution in [-0.4, -0.2) is 34.5 Å². The number of benzene rings is 2. The van der Waals surface area contributed by atoms with Gasteiger partial charge in [-0.2, -0.15) is 0 Å². The monoisotopic (exact) mass is 323 g/mol. The Labute approximate surface area is 141 Å². The maximum Gasteiger partial charge on any atom is 0.253 e. The number of carbonyl (C=O) groups excluding carboxylic acids is 1. The minimum absolute atomic E-state index is 0.0650. The average molecular weight is 323 g/mol. The number of amides is 1. The van der Waals surface area contributed by atoms with Crippen LogP contribution >= 0.6 is 0 Å². The number of carbonyl (C=O) groups is 1. The van der Waals surface area contributed by atoms with Crippen molar-refractivity contribution in [2.75, 3.05) is 14.1 Å². The number of ether oxygens (including phenoxy) is 1. The Balaban J connectivity index is 2.04. The van der Waals surface area contributed by atoms with Crippen molar-refractivity contribution in [2.45, 2.75) is 13.5 Å². The second kappa shape index (κ2) is 6.35. The van der Waals surface area contributed by atoms with Gasteiger partial charge in [0.1, 0.15) is 23.7 Å². The summed E-state index contributed by atoms with van der Waals surface area (Å²) in [7, 11) is 5.43. The molecule has 0 N–H and O–H groups in total. The molecule has 0 atom stereocenters. The van der Waals surface area contributed by atoms with Gasteiger partial charge in [-0.15, -0.1) is 0 Å². The van der Waals surface area contributed by atoms with E-state index in [4.69, 9.17) is 4.74 Å². The maximum absolute atomic E-state index is 12.3. The largest absolute Gasteiger partial charge is 0.487 e. The summed E-state index contributed by atoms with van der Waals surface area (Å²) < 4.78 is 8.02. The molecule has 0 aliphatic rings. The van der Waals surface area contributed by atoms with E-state index in [1.54, 1.807) is 25.1 Å². The van der Waals surface area contributed by atoms with E-state index in [0.717, 1.165) is 22.4 Å². The number of hydrogen-bond acceptors (Lipinski definition) is 3. The molecule has 0 spiro atoms. The molecule has 0 aliphatic heterocycles. The molecule has 0 saturated carbocycles. The van der Waals surface area contributed by atoms with Gasteiger partial charge in [0.2, 0.25) is 0 Å². The number of imidazole rings is 1. The summed E-state index contributed by atoms with van der Waals surface area (Å²) in [6, 6.07) is 13.6. The van der Waals surface area contributed by atoms with Crippen molar-refractivity contribution in [3.05, 3.63) is 59.4 Å². The van der Waals surface area contributed by atoms with E-state index < -0.39 is 0 Å². The van der Waals surface area contributed by atoms with Crippen LogP contribution in [0.2, 0.25) is 0 Å². The molecule has 2 aromatic carbocycles. The summed E-state index contributed by atoms with van der Waals surface area (Å²) >= 11 is 0. The zero-order valence-electron chi connectivity index (χ0n) is 14.4. The van der Waals surface area contributed by atoms with Gasteiger partial charge in [0, 0.05) is 26.7 Å². The molecule has 5 heteroatoms. The highest BCUT2D eigenvalue weighted by molar-refractivity contribution is 5.99. The SMILES string of the molecule is Cc1nc2cc(C(=O)N(C)C)cc(OCc3ccccc3)c2n1C. The van der Waals surface area contributed by atoms with E-state index >= 15 is 0 Å². The lowest BCUT2D eigenvalue weighted by molar-refractivity contribution is 0.0827. The van der Waals surface area contributed by atoms with Crippen molar-refractivity contribution >= 4 is 16.9 Å². The quantitative estimate of drug-likeness (QED) is 0.741. The molecule has 3 rings (SSSR count). The molecule has 124 valence electrons. The first-order chi connectivity index (χ1) is 11.5. The summed E-state index contributed by atoms with van der Waals surface area (Å²) in [6.07, 6.45) is 0. The summed E-state index contributed by atoms with van der Waals surface area (Å²) in [6.45, 7) is 2.38. The molecule has 1 aromatic heterocycles. The van der Waals surface area contributed by atoms with Crippen molar-refractivity contribution in [1.82, 2.24) is 14.5 Å². The van der Waals surface area contributed by atoms with Crippen molar-refractivity contribution in [1.29, 1.82) is 0 Å². The van der Waals surface area contributed by atoms with E-state index in [-0.39, 0.29) is 5.91 Å². The fourth-order valence-corrected chi connectivity index (χ4v) is 2.65. The van der Waals surface area contributed by atoms with Gasteiger partial charge in [0.15, 0.2) is 0 Å². The van der Waals surface area contributed by atoms with Crippen LogP contribution in [0.5, 0.6) is 5.75 Å². The number of fused-ring (bicyclic) bond motifs is 1. The lowest BCUT2D eigenvalue weighted by atomic mass is 10.1. The van der Waals surface area contributed by atoms with Crippen LogP contribution in [-0.2, 0) is 13.7 Å². The first-order valence-corrected chi connectivity index (χ1v) is 7.83. The molecule has 5 nitrogen and oxygen atoms in total. The minimum atomic E-state index is -0.0650. The average Bonchev–Trinajstić information content (AvgIpc) is 2.87. The lowest BCUT2D eigenvalue weighted by Gasteiger charge is -2.13. The van der Waals surface area contributed by atoms with Crippen LogP contribution in [0.25, 0.3) is 11.0 Å². The first kappa shape index (κ1) is 16.1. The summed E-state index contributed by atoms with van der Waals surface area (Å²) in [5.74, 6) is 1.48. The van der Waals surface area contributed by atoms with Gasteiger partial charge in [-0.05, 0) is 24.6 Å². The second-order valence-electron chi connectivity index (χ2n) is 6.03. The van der Waals surface area contributed by atoms with E-state index in [2.05, 4.69) is 4.98 Å². The number of hydrogen-bond donors (Lipinski definition) is 0. The summed E-state index contributed by atoms with van der Waals surface area (Å²) in [5.41, 5.74) is 3.33. The van der Waals surface area contributed by atoms with Gasteiger partial charge < -0.3 is 14.2 Å². The summed E-state index contributed by atoms with van der Waals surface area (Å²) in [4.78, 5) is 18.4. The highest BCUT2D eigenvalue weighted by Crippen LogP contribution is 2.29. The van der Waals surface area contributed by atoms with Gasteiger partial charge in [0.05, 0.1) is 5.52 Å². The van der Waals surface area contributed by atoms with Crippen LogP contribution in [0, 0.1) is 6.92 Å². The van der Waals surface area contributed by atoms with E-state index in [9.17, 15) is 4.79 Å². The number of aryl methyl sites for hydroxylation is 2. The molecule has 1 heterocycles. The zero-order valence-corrected chi connectivity index (χ0v) is 14.4. The highest BCUT2D eigenvalue weighted by atomic mass is 16.5. The normalized spacial score (nSPS) is 10.8. The Morgan fingerprint density at radius 3 is 2.58 bits per heavy atom. The third-order valence-electron chi connectivity index (χ3n) is 4.05. The fourth-order valence-electron chi connectivity index (χ4n) is 2.65. The van der Waals surface area contributed by atoms with Gasteiger partial charge in [0.25, 0.3) is 5.91 Å². The zero-order chi connectivity index (χ0) is 17.3. The van der Waals surface area contributed by atoms with Crippen molar-refractivity contribution in [3.63, 3.8) is 0 Å². The minimum Gasteiger partial charge on any atom is -0.487 e. The first-order valence-electron chi connectivity index (χ1n) is 7.83. The number of rotatable bonds is 4. The molecule has 24 heavy (non-hydrogen) atoms. The standard InChI is InChI=1S/C19H21N3O2/c1-13-20-16-10-15(19(23)21(2)3)11-17(18(16)22(13)4)24-12-14-8-6-5-7-9-14/h5-11H,12H2,1-4H3. The van der Waals surface area contributed by atoms with Crippen LogP contribution in [0.3, 0.4) is 0 Å². The molecule has 0 radical (unpaired) electrons. The molecule has 1 amide bonds. The van der Waals surface area contributed by atoms with Gasteiger partial charge in [-0.25, -0.2) is 4.98 Å². The summed E-state index contributed by atoms with van der Waals surface area (Å²) in [5, 5.41) is 0. The van der Waals surface area contributed by atoms with E-state index in [1.165, 1.54) is 0 Å². The topological polar surface area (TPSA) is 47.4 Å². The molecule has 0 saturated heterocycles. The van der Waals surface area contributed by atoms with Crippen molar-refractivity contribution < 1.29 is 9.53 Å². The molecular weight excluding hydrogens is 302 g/mol. The molecule has 0 bridgehead atoms. The predicted octanol–water partition coefficient (Wildman–Crippen LogP) is 3.16. The Morgan fingerprint density at radius 1 is 1.21 bits per heavy atom. The molecule has 0 fully saturated rings. The maximum atomic E-state index is 12.3. The second-order valence-corrected chi connectivity index (χ2v) is 6.03. The van der Waals surface area contributed by atoms with E-state index in [1.807, 2.05) is 54.9 Å². The van der Waals surface area contributed by atoms with Crippen LogP contribution < -0.4 is 4.74 Å². The van der Waals surface area contributed by atoms with Gasteiger partial charge in [-0.3, -0.25) is 4.79 Å². The van der Waals surface area contributed by atoms with Crippen LogP contribution in [0.4, 0.5) is 0 Å². The third-order valence-corrected chi connectivity index (χ3v) is 4.05. The number of aromatic nitrogens is 2. The Kier molecular flexibility index (Phi) is 4.25. The van der Waals surface area contributed by atoms with Crippen LogP contribution in [0.15, 0.2) is 42.5 Å². The third kappa shape index (κ3) is 2.97. The van der Waals surface area contributed by atoms with E-state index in [0.29, 0.717) is 17.9 Å². The molecule has 3 aromatic rings. The number of nitrogens with zero attached hydrogens (tertiary/aromatic N) is 3. The lowest BCUT2D eigenvalue weighted by Crippen LogP contribution is -2.21. The molecular formula is C19H21N3O2. The van der Waals surface area contributed by atoms with Gasteiger partial charge >= 0.3 is 0 Å². The smallest absolute Gasteiger partial charge is 0.253 e. The Hall–Kier alpha value is -2.82. The Morgan fingerprint density at radius 2 is 1.92 bits per heavy atom. The Bertz CT molecular complexity index is 883. The van der Waals surface area contributed by atoms with Crippen molar-refractivity contribution in [2.24, 2.45) is 7.05 Å². The van der Waals surface area contributed by atoms with Crippen LogP contribution in [0.1, 0.15) is 21.7 Å².